The zero-order chi connectivity index (χ0) is 17.1. The normalized spacial score (nSPS) is 27.6. The fourth-order valence-corrected chi connectivity index (χ4v) is 5.98. The van der Waals surface area contributed by atoms with E-state index in [2.05, 4.69) is 65.0 Å². The molecule has 1 aromatic heterocycles. The third-order valence-corrected chi connectivity index (χ3v) is 7.16. The molecule has 0 amide bonds. The first kappa shape index (κ1) is 15.9. The van der Waals surface area contributed by atoms with E-state index in [-0.39, 0.29) is 0 Å². The van der Waals surface area contributed by atoms with Gasteiger partial charge in [0.15, 0.2) is 0 Å². The van der Waals surface area contributed by atoms with Crippen LogP contribution in [-0.2, 0) is 0 Å². The molecule has 24 heavy (non-hydrogen) atoms. The van der Waals surface area contributed by atoms with Crippen LogP contribution in [0.25, 0.3) is 11.1 Å². The minimum Gasteiger partial charge on any atom is -0.258 e. The zero-order valence-corrected chi connectivity index (χ0v) is 15.7. The summed E-state index contributed by atoms with van der Waals surface area (Å²) in [5, 5.41) is 0. The highest BCUT2D eigenvalue weighted by molar-refractivity contribution is 5.71. The zero-order valence-electron chi connectivity index (χ0n) is 15.7. The van der Waals surface area contributed by atoms with Gasteiger partial charge < -0.3 is 0 Å². The molecule has 1 aromatic carbocycles. The van der Waals surface area contributed by atoms with Gasteiger partial charge in [0.05, 0.1) is 0 Å². The molecule has 126 valence electrons. The van der Waals surface area contributed by atoms with Gasteiger partial charge in [-0.3, -0.25) is 4.98 Å². The van der Waals surface area contributed by atoms with Crippen molar-refractivity contribution in [2.24, 2.45) is 17.3 Å². The first-order chi connectivity index (χ1) is 11.4. The van der Waals surface area contributed by atoms with Crippen LogP contribution in [0.4, 0.5) is 0 Å². The molecule has 0 aliphatic heterocycles. The van der Waals surface area contributed by atoms with Crippen LogP contribution >= 0.6 is 0 Å². The van der Waals surface area contributed by atoms with Gasteiger partial charge in [0.1, 0.15) is 0 Å². The van der Waals surface area contributed by atoms with E-state index in [1.54, 1.807) is 5.56 Å². The third-order valence-electron chi connectivity index (χ3n) is 7.16. The molecule has 1 heteroatoms. The van der Waals surface area contributed by atoms with Gasteiger partial charge in [0, 0.05) is 17.0 Å². The molecule has 1 nitrogen and oxygen atoms in total. The van der Waals surface area contributed by atoms with Gasteiger partial charge in [-0.1, -0.05) is 44.2 Å². The summed E-state index contributed by atoms with van der Waals surface area (Å²) in [6, 6.07) is 10.8. The van der Waals surface area contributed by atoms with Crippen LogP contribution in [0.3, 0.4) is 0 Å². The first-order valence-electron chi connectivity index (χ1n) is 9.44. The van der Waals surface area contributed by atoms with Crippen LogP contribution in [-0.4, -0.2) is 4.98 Å². The summed E-state index contributed by atoms with van der Waals surface area (Å²) in [6.45, 7) is 11.7. The van der Waals surface area contributed by atoms with Gasteiger partial charge in [0.25, 0.3) is 0 Å². The lowest BCUT2D eigenvalue weighted by atomic mass is 9.76. The Bertz CT molecular complexity index is 772. The molecule has 4 rings (SSSR count). The van der Waals surface area contributed by atoms with Crippen molar-refractivity contribution >= 4 is 0 Å². The fraction of sp³-hybridized carbons (Fsp3) is 0.522. The van der Waals surface area contributed by atoms with E-state index in [4.69, 9.17) is 4.98 Å². The molecule has 0 N–H and O–H groups in total. The van der Waals surface area contributed by atoms with Crippen LogP contribution < -0.4 is 0 Å². The van der Waals surface area contributed by atoms with Gasteiger partial charge in [-0.15, -0.1) is 0 Å². The third kappa shape index (κ3) is 2.17. The molecule has 3 atom stereocenters. The number of fused-ring (bicyclic) bond motifs is 2. The monoisotopic (exact) mass is 319 g/mol. The van der Waals surface area contributed by atoms with Gasteiger partial charge in [-0.25, -0.2) is 0 Å². The highest BCUT2D eigenvalue weighted by Gasteiger charge is 2.54. The number of pyridine rings is 1. The average molecular weight is 319 g/mol. The van der Waals surface area contributed by atoms with Crippen LogP contribution in [0.1, 0.15) is 61.5 Å². The minimum absolute atomic E-state index is 0.501. The molecule has 2 aliphatic rings. The highest BCUT2D eigenvalue weighted by Crippen LogP contribution is 2.64. The van der Waals surface area contributed by atoms with Gasteiger partial charge in [-0.2, -0.15) is 0 Å². The Morgan fingerprint density at radius 3 is 2.25 bits per heavy atom. The standard InChI is InChI=1S/C23H29N/c1-14-21(17-9-7-6-8-10-17)15(2)24-16(3)22(14)19-13-18-11-12-20(19)23(18,4)5/h6-10,18-20H,11-13H2,1-5H3/t18?,19-,20?/m0/s1. The van der Waals surface area contributed by atoms with Crippen molar-refractivity contribution in [1.29, 1.82) is 0 Å². The molecule has 2 aromatic rings. The van der Waals surface area contributed by atoms with E-state index in [9.17, 15) is 0 Å². The summed E-state index contributed by atoms with van der Waals surface area (Å²) in [7, 11) is 0. The Morgan fingerprint density at radius 2 is 1.67 bits per heavy atom. The maximum atomic E-state index is 4.99. The van der Waals surface area contributed by atoms with E-state index in [0.717, 1.165) is 11.8 Å². The molecule has 0 saturated heterocycles. The average Bonchev–Trinajstić information content (AvgIpc) is 2.95. The number of aromatic nitrogens is 1. The van der Waals surface area contributed by atoms with Crippen LogP contribution in [0.2, 0.25) is 0 Å². The van der Waals surface area contributed by atoms with Crippen LogP contribution in [0.15, 0.2) is 30.3 Å². The molecule has 2 fully saturated rings. The largest absolute Gasteiger partial charge is 0.258 e. The Morgan fingerprint density at radius 1 is 0.958 bits per heavy atom. The van der Waals surface area contributed by atoms with Gasteiger partial charge >= 0.3 is 0 Å². The number of aryl methyl sites for hydroxylation is 2. The second-order valence-electron chi connectivity index (χ2n) is 8.61. The van der Waals surface area contributed by atoms with E-state index in [1.807, 2.05) is 0 Å². The van der Waals surface area contributed by atoms with E-state index in [0.29, 0.717) is 11.3 Å². The lowest BCUT2D eigenvalue weighted by Crippen LogP contribution is -2.20. The second-order valence-corrected chi connectivity index (χ2v) is 8.61. The predicted molar refractivity (Wildman–Crippen MR) is 101 cm³/mol. The fourth-order valence-electron chi connectivity index (χ4n) is 5.98. The minimum atomic E-state index is 0.501. The number of benzene rings is 1. The molecule has 2 saturated carbocycles. The van der Waals surface area contributed by atoms with Crippen molar-refractivity contribution < 1.29 is 0 Å². The summed E-state index contributed by atoms with van der Waals surface area (Å²) >= 11 is 0. The van der Waals surface area contributed by atoms with Gasteiger partial charge in [0.2, 0.25) is 0 Å². The van der Waals surface area contributed by atoms with E-state index < -0.39 is 0 Å². The summed E-state index contributed by atoms with van der Waals surface area (Å²) in [4.78, 5) is 4.99. The molecule has 2 unspecified atom stereocenters. The lowest BCUT2D eigenvalue weighted by Gasteiger charge is -2.30. The molecule has 2 aliphatic carbocycles. The summed E-state index contributed by atoms with van der Waals surface area (Å²) in [5.74, 6) is 2.43. The van der Waals surface area contributed by atoms with E-state index in [1.165, 1.54) is 47.3 Å². The maximum Gasteiger partial charge on any atom is 0.0457 e. The number of rotatable bonds is 2. The highest BCUT2D eigenvalue weighted by atomic mass is 14.7. The Kier molecular flexibility index (Phi) is 3.60. The molecule has 0 spiro atoms. The molecule has 1 heterocycles. The van der Waals surface area contributed by atoms with Crippen molar-refractivity contribution in [2.45, 2.75) is 59.8 Å². The molecular formula is C23H29N. The summed E-state index contributed by atoms with van der Waals surface area (Å²) in [5.41, 5.74) is 8.63. The lowest BCUT2D eigenvalue weighted by molar-refractivity contribution is 0.253. The Hall–Kier alpha value is -1.63. The topological polar surface area (TPSA) is 12.9 Å². The van der Waals surface area contributed by atoms with Crippen molar-refractivity contribution in [3.05, 3.63) is 52.8 Å². The predicted octanol–water partition coefficient (Wildman–Crippen LogP) is 6.21. The van der Waals surface area contributed by atoms with Crippen molar-refractivity contribution in [3.63, 3.8) is 0 Å². The quantitative estimate of drug-likeness (QED) is 0.641. The summed E-state index contributed by atoms with van der Waals surface area (Å²) < 4.78 is 0. The molecular weight excluding hydrogens is 290 g/mol. The second kappa shape index (κ2) is 5.44. The van der Waals surface area contributed by atoms with Crippen molar-refractivity contribution in [1.82, 2.24) is 4.98 Å². The first-order valence-corrected chi connectivity index (χ1v) is 9.44. The summed E-state index contributed by atoms with van der Waals surface area (Å²) in [6.07, 6.45) is 4.19. The van der Waals surface area contributed by atoms with E-state index >= 15 is 0 Å². The SMILES string of the molecule is Cc1nc(C)c([C@H]2CC3CCC2C3(C)C)c(C)c1-c1ccccc1. The van der Waals surface area contributed by atoms with Crippen molar-refractivity contribution in [2.75, 3.05) is 0 Å². The smallest absolute Gasteiger partial charge is 0.0457 e. The molecule has 2 bridgehead atoms. The van der Waals surface area contributed by atoms with Crippen LogP contribution in [0.5, 0.6) is 0 Å². The van der Waals surface area contributed by atoms with Crippen LogP contribution in [0, 0.1) is 38.0 Å². The number of hydrogen-bond donors (Lipinski definition) is 0. The Labute approximate surface area is 146 Å². The Balaban J connectivity index is 1.86. The maximum absolute atomic E-state index is 4.99. The number of nitrogens with zero attached hydrogens (tertiary/aromatic N) is 1. The van der Waals surface area contributed by atoms with Crippen molar-refractivity contribution in [3.8, 4) is 11.1 Å². The molecule has 0 radical (unpaired) electrons. The van der Waals surface area contributed by atoms with Gasteiger partial charge in [-0.05, 0) is 79.9 Å². The number of hydrogen-bond acceptors (Lipinski definition) is 1.